The second-order valence-corrected chi connectivity index (χ2v) is 7.59. The monoisotopic (exact) mass is 359 g/mol. The smallest absolute Gasteiger partial charge is 0.235 e. The van der Waals surface area contributed by atoms with Gasteiger partial charge >= 0.3 is 0 Å². The molecule has 2 aromatic rings. The molecule has 1 aliphatic heterocycles. The lowest BCUT2D eigenvalue weighted by atomic mass is 10.2. The molecule has 1 saturated heterocycles. The Kier molecular flexibility index (Phi) is 6.07. The van der Waals surface area contributed by atoms with Crippen LogP contribution in [0, 0.1) is 0 Å². The molecular formula is C18H25N5OS. The van der Waals surface area contributed by atoms with Crippen molar-refractivity contribution in [3.8, 4) is 11.4 Å². The van der Waals surface area contributed by atoms with E-state index >= 15 is 0 Å². The van der Waals surface area contributed by atoms with Crippen LogP contribution >= 0.6 is 11.8 Å². The maximum Gasteiger partial charge on any atom is 0.235 e. The molecule has 6 nitrogen and oxygen atoms in total. The summed E-state index contributed by atoms with van der Waals surface area (Å²) in [6.45, 7) is 6.56. The molecule has 0 N–H and O–H groups in total. The number of aromatic nitrogens is 4. The van der Waals surface area contributed by atoms with Crippen LogP contribution in [0.15, 0.2) is 29.7 Å². The highest BCUT2D eigenvalue weighted by atomic mass is 32.2. The van der Waals surface area contributed by atoms with Crippen molar-refractivity contribution in [2.24, 2.45) is 0 Å². The van der Waals surface area contributed by atoms with Crippen LogP contribution in [0.25, 0.3) is 11.4 Å². The minimum Gasteiger partial charge on any atom is -0.342 e. The van der Waals surface area contributed by atoms with Crippen LogP contribution < -0.4 is 0 Å². The first-order chi connectivity index (χ1) is 12.2. The number of nitrogens with zero attached hydrogens (tertiary/aromatic N) is 5. The highest BCUT2D eigenvalue weighted by molar-refractivity contribution is 8.00. The molecule has 0 bridgehead atoms. The second-order valence-electron chi connectivity index (χ2n) is 6.29. The van der Waals surface area contributed by atoms with Crippen molar-refractivity contribution in [1.82, 2.24) is 24.6 Å². The van der Waals surface area contributed by atoms with E-state index in [4.69, 9.17) is 0 Å². The third-order valence-corrected chi connectivity index (χ3v) is 5.59. The summed E-state index contributed by atoms with van der Waals surface area (Å²) in [6, 6.07) is 3.85. The van der Waals surface area contributed by atoms with Gasteiger partial charge < -0.3 is 9.47 Å². The third kappa shape index (κ3) is 4.21. The number of carbonyl (C=O) groups excluding carboxylic acids is 1. The first-order valence-corrected chi connectivity index (χ1v) is 9.87. The Hall–Kier alpha value is -1.89. The number of hydrogen-bond acceptors (Lipinski definition) is 5. The van der Waals surface area contributed by atoms with E-state index in [0.717, 1.165) is 49.0 Å². The van der Waals surface area contributed by atoms with Crippen LogP contribution in [-0.2, 0) is 11.3 Å². The molecule has 0 radical (unpaired) electrons. The van der Waals surface area contributed by atoms with Gasteiger partial charge in [0.05, 0.1) is 5.25 Å². The van der Waals surface area contributed by atoms with E-state index in [1.54, 1.807) is 12.4 Å². The van der Waals surface area contributed by atoms with Crippen LogP contribution in [0.1, 0.15) is 39.5 Å². The normalized spacial score (nSPS) is 16.5. The van der Waals surface area contributed by atoms with E-state index in [1.165, 1.54) is 24.6 Å². The molecule has 7 heteroatoms. The predicted molar refractivity (Wildman–Crippen MR) is 99.3 cm³/mol. The van der Waals surface area contributed by atoms with Crippen LogP contribution in [0.4, 0.5) is 0 Å². The van der Waals surface area contributed by atoms with Crippen LogP contribution in [0.3, 0.4) is 0 Å². The van der Waals surface area contributed by atoms with Gasteiger partial charge in [0.2, 0.25) is 5.91 Å². The largest absolute Gasteiger partial charge is 0.342 e. The van der Waals surface area contributed by atoms with Crippen LogP contribution in [-0.4, -0.2) is 48.9 Å². The molecule has 1 atom stereocenters. The molecule has 1 amide bonds. The number of pyridine rings is 1. The van der Waals surface area contributed by atoms with E-state index in [1.807, 2.05) is 24.0 Å². The predicted octanol–water partition coefficient (Wildman–Crippen LogP) is 3.24. The van der Waals surface area contributed by atoms with Gasteiger partial charge in [-0.1, -0.05) is 24.6 Å². The summed E-state index contributed by atoms with van der Waals surface area (Å²) in [7, 11) is 0. The van der Waals surface area contributed by atoms with Gasteiger partial charge in [0.15, 0.2) is 11.0 Å². The lowest BCUT2D eigenvalue weighted by Gasteiger charge is -2.23. The van der Waals surface area contributed by atoms with Crippen molar-refractivity contribution < 1.29 is 4.79 Å². The number of rotatable bonds is 5. The summed E-state index contributed by atoms with van der Waals surface area (Å²) in [5, 5.41) is 9.31. The summed E-state index contributed by atoms with van der Waals surface area (Å²) in [4.78, 5) is 18.8. The number of thioether (sulfide) groups is 1. The molecule has 3 rings (SSSR count). The Morgan fingerprint density at radius 2 is 1.84 bits per heavy atom. The Morgan fingerprint density at radius 1 is 1.16 bits per heavy atom. The number of amides is 1. The van der Waals surface area contributed by atoms with Crippen molar-refractivity contribution in [2.45, 2.75) is 56.5 Å². The van der Waals surface area contributed by atoms with Gasteiger partial charge in [0.1, 0.15) is 0 Å². The van der Waals surface area contributed by atoms with Gasteiger partial charge in [-0.3, -0.25) is 9.78 Å². The molecule has 25 heavy (non-hydrogen) atoms. The minimum atomic E-state index is -0.155. The van der Waals surface area contributed by atoms with Crippen molar-refractivity contribution in [1.29, 1.82) is 0 Å². The van der Waals surface area contributed by atoms with Gasteiger partial charge in [-0.2, -0.15) is 0 Å². The summed E-state index contributed by atoms with van der Waals surface area (Å²) in [5.74, 6) is 1.03. The first kappa shape index (κ1) is 17.9. The molecular weight excluding hydrogens is 334 g/mol. The van der Waals surface area contributed by atoms with Crippen LogP contribution in [0.2, 0.25) is 0 Å². The van der Waals surface area contributed by atoms with Gasteiger partial charge in [-0.05, 0) is 38.8 Å². The standard InChI is InChI=1S/C18H25N5OS/c1-3-23-16(15-8-10-19-11-9-15)20-21-18(23)25-14(2)17(24)22-12-6-4-5-7-13-22/h8-11,14H,3-7,12-13H2,1-2H3/t14-/m0/s1. The van der Waals surface area contributed by atoms with E-state index in [2.05, 4.69) is 26.7 Å². The number of hydrogen-bond donors (Lipinski definition) is 0. The number of likely N-dealkylation sites (tertiary alicyclic amines) is 1. The molecule has 0 saturated carbocycles. The second kappa shape index (κ2) is 8.47. The highest BCUT2D eigenvalue weighted by Crippen LogP contribution is 2.27. The summed E-state index contributed by atoms with van der Waals surface area (Å²) in [5.41, 5.74) is 0.989. The molecule has 0 unspecified atom stereocenters. The maximum atomic E-state index is 12.8. The van der Waals surface area contributed by atoms with Crippen molar-refractivity contribution in [3.05, 3.63) is 24.5 Å². The zero-order valence-electron chi connectivity index (χ0n) is 14.9. The molecule has 3 heterocycles. The Bertz CT molecular complexity index is 695. The molecule has 134 valence electrons. The van der Waals surface area contributed by atoms with Gasteiger partial charge in [0, 0.05) is 37.6 Å². The highest BCUT2D eigenvalue weighted by Gasteiger charge is 2.25. The van der Waals surface area contributed by atoms with Crippen LogP contribution in [0.5, 0.6) is 0 Å². The minimum absolute atomic E-state index is 0.155. The molecule has 0 aromatic carbocycles. The lowest BCUT2D eigenvalue weighted by Crippen LogP contribution is -2.37. The fraction of sp³-hybridized carbons (Fsp3) is 0.556. The fourth-order valence-electron chi connectivity index (χ4n) is 3.13. The van der Waals surface area contributed by atoms with E-state index in [-0.39, 0.29) is 11.2 Å². The van der Waals surface area contributed by atoms with E-state index in [9.17, 15) is 4.79 Å². The third-order valence-electron chi connectivity index (χ3n) is 4.52. The van der Waals surface area contributed by atoms with Crippen molar-refractivity contribution in [3.63, 3.8) is 0 Å². The topological polar surface area (TPSA) is 63.9 Å². The summed E-state index contributed by atoms with van der Waals surface area (Å²) < 4.78 is 2.06. The fourth-order valence-corrected chi connectivity index (χ4v) is 4.13. The molecule has 2 aromatic heterocycles. The molecule has 0 aliphatic carbocycles. The average Bonchev–Trinajstić information content (AvgIpc) is 2.86. The SMILES string of the molecule is CCn1c(S[C@@H](C)C(=O)N2CCCCCC2)nnc1-c1ccncc1. The Morgan fingerprint density at radius 3 is 2.48 bits per heavy atom. The van der Waals surface area contributed by atoms with E-state index in [0.29, 0.717) is 0 Å². The van der Waals surface area contributed by atoms with Gasteiger partial charge in [0.25, 0.3) is 0 Å². The molecule has 1 aliphatic rings. The quantitative estimate of drug-likeness (QED) is 0.767. The van der Waals surface area contributed by atoms with Crippen molar-refractivity contribution >= 4 is 17.7 Å². The van der Waals surface area contributed by atoms with Crippen molar-refractivity contribution in [2.75, 3.05) is 13.1 Å². The maximum absolute atomic E-state index is 12.8. The molecule has 0 spiro atoms. The van der Waals surface area contributed by atoms with Gasteiger partial charge in [-0.15, -0.1) is 10.2 Å². The lowest BCUT2D eigenvalue weighted by molar-refractivity contribution is -0.130. The number of carbonyl (C=O) groups is 1. The summed E-state index contributed by atoms with van der Waals surface area (Å²) in [6.07, 6.45) is 8.18. The molecule has 1 fully saturated rings. The Balaban J connectivity index is 1.74. The first-order valence-electron chi connectivity index (χ1n) is 8.99. The summed E-state index contributed by atoms with van der Waals surface area (Å²) >= 11 is 1.50. The zero-order valence-corrected chi connectivity index (χ0v) is 15.7. The van der Waals surface area contributed by atoms with Gasteiger partial charge in [-0.25, -0.2) is 0 Å². The average molecular weight is 359 g/mol. The Labute approximate surface area is 153 Å². The zero-order chi connectivity index (χ0) is 17.6. The van der Waals surface area contributed by atoms with E-state index < -0.39 is 0 Å².